The minimum Gasteiger partial charge on any atom is -0.489 e. The van der Waals surface area contributed by atoms with Crippen molar-refractivity contribution in [3.8, 4) is 11.5 Å². The molecule has 160 valence electrons. The molecule has 2 heterocycles. The van der Waals surface area contributed by atoms with Gasteiger partial charge in [-0.2, -0.15) is 0 Å². The lowest BCUT2D eigenvalue weighted by molar-refractivity contribution is 0.101. The van der Waals surface area contributed by atoms with Gasteiger partial charge in [0.05, 0.1) is 10.6 Å². The van der Waals surface area contributed by atoms with Gasteiger partial charge >= 0.3 is 0 Å². The fourth-order valence-corrected chi connectivity index (χ4v) is 4.07. The van der Waals surface area contributed by atoms with Gasteiger partial charge in [-0.1, -0.05) is 35.9 Å². The number of ether oxygens (including phenoxy) is 2. The number of benzene rings is 3. The van der Waals surface area contributed by atoms with E-state index in [1.807, 2.05) is 24.4 Å². The van der Waals surface area contributed by atoms with Crippen LogP contribution in [0.25, 0.3) is 17.0 Å². The number of para-hydroxylation sites is 1. The molecule has 0 saturated carbocycles. The molecule has 1 aliphatic heterocycles. The number of rotatable bonds is 5. The Hall–Kier alpha value is -3.57. The molecular formula is C26H19ClFNO3. The van der Waals surface area contributed by atoms with E-state index in [9.17, 15) is 9.18 Å². The van der Waals surface area contributed by atoms with Crippen LogP contribution in [0.15, 0.2) is 72.6 Å². The fraction of sp³-hybridized carbons (Fsp3) is 0.115. The van der Waals surface area contributed by atoms with Gasteiger partial charge in [0.1, 0.15) is 23.9 Å². The highest BCUT2D eigenvalue weighted by Gasteiger charge is 2.28. The Bertz CT molecular complexity index is 1390. The Labute approximate surface area is 189 Å². The number of ketones is 1. The summed E-state index contributed by atoms with van der Waals surface area (Å²) in [6.45, 7) is 3.08. The highest BCUT2D eigenvalue weighted by atomic mass is 35.5. The molecule has 0 radical (unpaired) electrons. The quantitative estimate of drug-likeness (QED) is 0.321. The van der Waals surface area contributed by atoms with Gasteiger partial charge in [0.15, 0.2) is 5.76 Å². The summed E-state index contributed by atoms with van der Waals surface area (Å²) in [7, 11) is 0. The van der Waals surface area contributed by atoms with Crippen LogP contribution in [0, 0.1) is 5.82 Å². The lowest BCUT2D eigenvalue weighted by atomic mass is 10.1. The van der Waals surface area contributed by atoms with Gasteiger partial charge in [-0.25, -0.2) is 4.39 Å². The van der Waals surface area contributed by atoms with Gasteiger partial charge in [-0.15, -0.1) is 0 Å². The first-order valence-corrected chi connectivity index (χ1v) is 10.6. The molecule has 0 amide bonds. The van der Waals surface area contributed by atoms with E-state index < -0.39 is 5.82 Å². The van der Waals surface area contributed by atoms with Crippen LogP contribution in [0.4, 0.5) is 4.39 Å². The van der Waals surface area contributed by atoms with Crippen molar-refractivity contribution < 1.29 is 18.7 Å². The third-order valence-corrected chi connectivity index (χ3v) is 5.85. The van der Waals surface area contributed by atoms with Gasteiger partial charge in [0.2, 0.25) is 5.78 Å². The molecule has 0 spiro atoms. The second-order valence-corrected chi connectivity index (χ2v) is 7.92. The number of carbonyl (C=O) groups is 1. The first kappa shape index (κ1) is 20.3. The minimum absolute atomic E-state index is 0.165. The summed E-state index contributed by atoms with van der Waals surface area (Å²) in [6, 6.07) is 17.3. The van der Waals surface area contributed by atoms with E-state index in [1.54, 1.807) is 30.3 Å². The predicted molar refractivity (Wildman–Crippen MR) is 123 cm³/mol. The molecule has 0 atom stereocenters. The van der Waals surface area contributed by atoms with Crippen LogP contribution in [0.2, 0.25) is 5.02 Å². The fourth-order valence-electron chi connectivity index (χ4n) is 3.85. The number of hydrogen-bond donors (Lipinski definition) is 0. The van der Waals surface area contributed by atoms with Crippen molar-refractivity contribution in [1.29, 1.82) is 0 Å². The Morgan fingerprint density at radius 1 is 1.12 bits per heavy atom. The number of halogens is 2. The molecule has 4 aromatic rings. The van der Waals surface area contributed by atoms with E-state index >= 15 is 0 Å². The molecule has 1 aromatic heterocycles. The van der Waals surface area contributed by atoms with Crippen molar-refractivity contribution in [2.45, 2.75) is 20.1 Å². The zero-order chi connectivity index (χ0) is 22.2. The zero-order valence-electron chi connectivity index (χ0n) is 17.3. The van der Waals surface area contributed by atoms with Crippen LogP contribution in [0.3, 0.4) is 0 Å². The number of Topliss-reactive ketones (excluding diaryl/α,β-unsaturated/α-hetero) is 1. The van der Waals surface area contributed by atoms with Crippen LogP contribution in [0.5, 0.6) is 11.5 Å². The van der Waals surface area contributed by atoms with Crippen molar-refractivity contribution in [3.63, 3.8) is 0 Å². The monoisotopic (exact) mass is 447 g/mol. The summed E-state index contributed by atoms with van der Waals surface area (Å²) in [6.07, 6.45) is 3.81. The minimum atomic E-state index is -0.399. The number of aromatic nitrogens is 1. The number of nitrogens with zero attached hydrogens (tertiary/aromatic N) is 1. The van der Waals surface area contributed by atoms with Gasteiger partial charge in [-0.05, 0) is 43.3 Å². The van der Waals surface area contributed by atoms with Crippen molar-refractivity contribution in [2.75, 3.05) is 0 Å². The van der Waals surface area contributed by atoms with E-state index in [1.165, 1.54) is 12.1 Å². The highest BCUT2D eigenvalue weighted by Crippen LogP contribution is 2.36. The Morgan fingerprint density at radius 3 is 2.78 bits per heavy atom. The number of aryl methyl sites for hydroxylation is 1. The normalized spacial score (nSPS) is 14.1. The van der Waals surface area contributed by atoms with Crippen molar-refractivity contribution in [2.24, 2.45) is 0 Å². The molecule has 5 rings (SSSR count). The maximum absolute atomic E-state index is 13.2. The molecular weight excluding hydrogens is 429 g/mol. The summed E-state index contributed by atoms with van der Waals surface area (Å²) in [4.78, 5) is 12.9. The van der Waals surface area contributed by atoms with Crippen LogP contribution < -0.4 is 9.47 Å². The van der Waals surface area contributed by atoms with E-state index in [2.05, 4.69) is 17.6 Å². The predicted octanol–water partition coefficient (Wildman–Crippen LogP) is 6.65. The number of allylic oxidation sites excluding steroid dienone is 1. The SMILES string of the molecule is CCn1cc(/C=C2\Oc3cc(OCc4ccc(F)cc4Cl)ccc3C2=O)c2ccccc21. The summed E-state index contributed by atoms with van der Waals surface area (Å²) in [5.41, 5.74) is 3.20. The third kappa shape index (κ3) is 3.65. The molecule has 1 aliphatic rings. The first-order chi connectivity index (χ1) is 15.5. The van der Waals surface area contributed by atoms with Crippen LogP contribution in [0.1, 0.15) is 28.4 Å². The van der Waals surface area contributed by atoms with E-state index in [4.69, 9.17) is 21.1 Å². The van der Waals surface area contributed by atoms with Gasteiger partial charge in [0.25, 0.3) is 0 Å². The average molecular weight is 448 g/mol. The standard InChI is InChI=1S/C26H19ClFNO3/c1-2-29-14-17(20-5-3-4-6-23(20)29)11-25-26(30)21-10-9-19(13-24(21)32-25)31-15-16-7-8-18(28)12-22(16)27/h3-14H,2,15H2,1H3/b25-11-. The summed E-state index contributed by atoms with van der Waals surface area (Å²) >= 11 is 6.06. The lowest BCUT2D eigenvalue weighted by Crippen LogP contribution is -1.98. The Balaban J connectivity index is 1.39. The van der Waals surface area contributed by atoms with Crippen LogP contribution in [-0.4, -0.2) is 10.4 Å². The number of carbonyl (C=O) groups excluding carboxylic acids is 1. The lowest BCUT2D eigenvalue weighted by Gasteiger charge is -2.08. The average Bonchev–Trinajstić information content (AvgIpc) is 3.30. The molecule has 0 unspecified atom stereocenters. The second kappa shape index (κ2) is 8.17. The molecule has 4 nitrogen and oxygen atoms in total. The third-order valence-electron chi connectivity index (χ3n) is 5.50. The molecule has 0 saturated heterocycles. The van der Waals surface area contributed by atoms with E-state index in [-0.39, 0.29) is 18.1 Å². The molecule has 0 fully saturated rings. The zero-order valence-corrected chi connectivity index (χ0v) is 18.0. The smallest absolute Gasteiger partial charge is 0.231 e. The van der Waals surface area contributed by atoms with Crippen molar-refractivity contribution in [3.05, 3.63) is 100 Å². The molecule has 0 N–H and O–H groups in total. The molecule has 0 aliphatic carbocycles. The van der Waals surface area contributed by atoms with Gasteiger partial charge in [0, 0.05) is 40.8 Å². The summed E-state index contributed by atoms with van der Waals surface area (Å²) < 4.78 is 27.0. The number of hydrogen-bond acceptors (Lipinski definition) is 3. The molecule has 32 heavy (non-hydrogen) atoms. The van der Waals surface area contributed by atoms with Crippen LogP contribution in [-0.2, 0) is 13.2 Å². The van der Waals surface area contributed by atoms with Crippen molar-refractivity contribution >= 4 is 34.4 Å². The van der Waals surface area contributed by atoms with Gasteiger partial charge in [-0.3, -0.25) is 4.79 Å². The van der Waals surface area contributed by atoms with Crippen LogP contribution >= 0.6 is 11.6 Å². The topological polar surface area (TPSA) is 40.5 Å². The molecule has 6 heteroatoms. The highest BCUT2D eigenvalue weighted by molar-refractivity contribution is 6.31. The molecule has 3 aromatic carbocycles. The number of fused-ring (bicyclic) bond motifs is 2. The Kier molecular flexibility index (Phi) is 5.19. The second-order valence-electron chi connectivity index (χ2n) is 7.51. The maximum atomic E-state index is 13.2. The van der Waals surface area contributed by atoms with Crippen molar-refractivity contribution in [1.82, 2.24) is 4.57 Å². The van der Waals surface area contributed by atoms with Gasteiger partial charge < -0.3 is 14.0 Å². The Morgan fingerprint density at radius 2 is 1.97 bits per heavy atom. The largest absolute Gasteiger partial charge is 0.489 e. The summed E-state index contributed by atoms with van der Waals surface area (Å²) in [5.74, 6) is 0.688. The van der Waals surface area contributed by atoms with E-state index in [0.29, 0.717) is 27.6 Å². The molecule has 0 bridgehead atoms. The summed E-state index contributed by atoms with van der Waals surface area (Å²) in [5, 5.41) is 1.36. The maximum Gasteiger partial charge on any atom is 0.231 e. The first-order valence-electron chi connectivity index (χ1n) is 10.3. The van der Waals surface area contributed by atoms with E-state index in [0.717, 1.165) is 23.0 Å².